The largest absolute Gasteiger partial charge is 0.379 e. The minimum absolute atomic E-state index is 0.196. The van der Waals surface area contributed by atoms with Crippen molar-refractivity contribution >= 4 is 39.9 Å². The number of carbonyl (C=O) groups is 1. The Kier molecular flexibility index (Phi) is 4.64. The van der Waals surface area contributed by atoms with E-state index >= 15 is 0 Å². The van der Waals surface area contributed by atoms with E-state index < -0.39 is 5.54 Å². The normalized spacial score (nSPS) is 20.5. The SMILES string of the molecule is Cc1csc(C(=O)Nc2ccc(F)c([C@]3(C)CCSC(N)=N3)c2)c1. The second-order valence-corrected chi connectivity index (χ2v) is 7.99. The minimum atomic E-state index is -0.709. The van der Waals surface area contributed by atoms with Crippen LogP contribution in [0.2, 0.25) is 0 Å². The highest BCUT2D eigenvalue weighted by molar-refractivity contribution is 8.13. The Hall–Kier alpha value is -1.86. The molecule has 0 spiro atoms. The van der Waals surface area contributed by atoms with Gasteiger partial charge in [-0.3, -0.25) is 9.79 Å². The molecule has 2 aromatic rings. The van der Waals surface area contributed by atoms with Crippen LogP contribution >= 0.6 is 23.1 Å². The zero-order valence-corrected chi connectivity index (χ0v) is 15.1. The fourth-order valence-electron chi connectivity index (χ4n) is 2.64. The van der Waals surface area contributed by atoms with Crippen LogP contribution in [0.25, 0.3) is 0 Å². The van der Waals surface area contributed by atoms with Crippen molar-refractivity contribution in [1.29, 1.82) is 0 Å². The van der Waals surface area contributed by atoms with Gasteiger partial charge in [-0.15, -0.1) is 11.3 Å². The predicted molar refractivity (Wildman–Crippen MR) is 99.5 cm³/mol. The van der Waals surface area contributed by atoms with Crippen LogP contribution in [-0.2, 0) is 5.54 Å². The number of amides is 1. The summed E-state index contributed by atoms with van der Waals surface area (Å²) < 4.78 is 14.4. The maximum Gasteiger partial charge on any atom is 0.265 e. The number of nitrogens with one attached hydrogen (secondary N) is 1. The van der Waals surface area contributed by atoms with Gasteiger partial charge in [-0.2, -0.15) is 0 Å². The molecule has 4 nitrogen and oxygen atoms in total. The second kappa shape index (κ2) is 6.57. The van der Waals surface area contributed by atoms with E-state index in [0.29, 0.717) is 27.7 Å². The first-order valence-electron chi connectivity index (χ1n) is 7.52. The molecule has 0 fully saturated rings. The Labute approximate surface area is 148 Å². The van der Waals surface area contributed by atoms with Crippen molar-refractivity contribution in [1.82, 2.24) is 0 Å². The van der Waals surface area contributed by atoms with Crippen LogP contribution in [0.1, 0.15) is 34.1 Å². The van der Waals surface area contributed by atoms with Gasteiger partial charge in [-0.05, 0) is 55.5 Å². The van der Waals surface area contributed by atoms with Crippen molar-refractivity contribution in [3.05, 3.63) is 51.5 Å². The zero-order chi connectivity index (χ0) is 17.3. The van der Waals surface area contributed by atoms with Crippen molar-refractivity contribution in [2.45, 2.75) is 25.8 Å². The highest BCUT2D eigenvalue weighted by atomic mass is 32.2. The molecule has 0 bridgehead atoms. The Balaban J connectivity index is 1.89. The molecule has 0 aliphatic carbocycles. The number of thioether (sulfide) groups is 1. The lowest BCUT2D eigenvalue weighted by Gasteiger charge is -2.30. The first-order chi connectivity index (χ1) is 11.4. The van der Waals surface area contributed by atoms with Gasteiger partial charge in [0.2, 0.25) is 0 Å². The molecule has 1 atom stereocenters. The molecular formula is C17H18FN3OS2. The molecule has 1 aromatic carbocycles. The summed E-state index contributed by atoms with van der Waals surface area (Å²) in [6, 6.07) is 6.41. The molecule has 0 radical (unpaired) electrons. The lowest BCUT2D eigenvalue weighted by atomic mass is 9.89. The summed E-state index contributed by atoms with van der Waals surface area (Å²) in [4.78, 5) is 17.3. The molecular weight excluding hydrogens is 345 g/mol. The van der Waals surface area contributed by atoms with Crippen molar-refractivity contribution in [3.8, 4) is 0 Å². The van der Waals surface area contributed by atoms with E-state index in [-0.39, 0.29) is 11.7 Å². The minimum Gasteiger partial charge on any atom is -0.379 e. The standard InChI is InChI=1S/C17H18FN3OS2/c1-10-7-14(24-9-10)15(22)20-11-3-4-13(18)12(8-11)17(2)5-6-23-16(19)21-17/h3-4,7-9H,5-6H2,1-2H3,(H2,19,21)(H,20,22)/t17-/m0/s1. The van der Waals surface area contributed by atoms with Gasteiger partial charge in [-0.1, -0.05) is 11.8 Å². The summed E-state index contributed by atoms with van der Waals surface area (Å²) in [5.41, 5.74) is 7.15. The van der Waals surface area contributed by atoms with Gasteiger partial charge >= 0.3 is 0 Å². The number of nitrogens with zero attached hydrogens (tertiary/aromatic N) is 1. The van der Waals surface area contributed by atoms with Crippen LogP contribution < -0.4 is 11.1 Å². The molecule has 0 unspecified atom stereocenters. The number of anilines is 1. The summed E-state index contributed by atoms with van der Waals surface area (Å²) in [7, 11) is 0. The summed E-state index contributed by atoms with van der Waals surface area (Å²) in [5, 5.41) is 5.21. The molecule has 24 heavy (non-hydrogen) atoms. The first-order valence-corrected chi connectivity index (χ1v) is 9.38. The van der Waals surface area contributed by atoms with Crippen molar-refractivity contribution < 1.29 is 9.18 Å². The third-order valence-electron chi connectivity index (χ3n) is 3.95. The number of amidine groups is 1. The van der Waals surface area contributed by atoms with Crippen LogP contribution in [0.15, 0.2) is 34.6 Å². The Bertz CT molecular complexity index is 818. The third-order valence-corrected chi connectivity index (χ3v) is 5.80. The van der Waals surface area contributed by atoms with Gasteiger partial charge in [0.25, 0.3) is 5.91 Å². The summed E-state index contributed by atoms with van der Waals surface area (Å²) in [6.07, 6.45) is 0.691. The zero-order valence-electron chi connectivity index (χ0n) is 13.4. The number of rotatable bonds is 3. The van der Waals surface area contributed by atoms with Gasteiger partial charge in [0.15, 0.2) is 5.17 Å². The van der Waals surface area contributed by atoms with Gasteiger partial charge in [0.1, 0.15) is 5.82 Å². The molecule has 1 aliphatic rings. The number of halogens is 1. The number of nitrogens with two attached hydrogens (primary N) is 1. The fraction of sp³-hybridized carbons (Fsp3) is 0.294. The van der Waals surface area contributed by atoms with E-state index in [1.807, 2.05) is 25.3 Å². The van der Waals surface area contributed by atoms with E-state index in [4.69, 9.17) is 5.73 Å². The highest BCUT2D eigenvalue weighted by Gasteiger charge is 2.32. The molecule has 7 heteroatoms. The van der Waals surface area contributed by atoms with Crippen LogP contribution in [0, 0.1) is 12.7 Å². The lowest BCUT2D eigenvalue weighted by Crippen LogP contribution is -2.29. The molecule has 0 saturated carbocycles. The average molecular weight is 363 g/mol. The number of benzene rings is 1. The predicted octanol–water partition coefficient (Wildman–Crippen LogP) is 4.11. The van der Waals surface area contributed by atoms with Crippen molar-refractivity contribution in [2.75, 3.05) is 11.1 Å². The summed E-state index contributed by atoms with van der Waals surface area (Å²) >= 11 is 2.86. The Morgan fingerprint density at radius 2 is 2.21 bits per heavy atom. The molecule has 1 amide bonds. The van der Waals surface area contributed by atoms with Crippen molar-refractivity contribution in [2.24, 2.45) is 10.7 Å². The van der Waals surface area contributed by atoms with Crippen LogP contribution in [0.4, 0.5) is 10.1 Å². The number of hydrogen-bond acceptors (Lipinski definition) is 5. The molecule has 0 saturated heterocycles. The number of aryl methyl sites for hydroxylation is 1. The average Bonchev–Trinajstić information content (AvgIpc) is 2.95. The second-order valence-electron chi connectivity index (χ2n) is 5.96. The number of hydrogen-bond donors (Lipinski definition) is 2. The van der Waals surface area contributed by atoms with Gasteiger partial charge in [0.05, 0.1) is 10.4 Å². The fourth-order valence-corrected chi connectivity index (χ4v) is 4.41. The Morgan fingerprint density at radius 1 is 1.42 bits per heavy atom. The van der Waals surface area contributed by atoms with E-state index in [0.717, 1.165) is 11.3 Å². The van der Waals surface area contributed by atoms with Crippen molar-refractivity contribution in [3.63, 3.8) is 0 Å². The summed E-state index contributed by atoms with van der Waals surface area (Å²) in [6.45, 7) is 3.81. The number of carbonyl (C=O) groups excluding carboxylic acids is 1. The van der Waals surface area contributed by atoms with Gasteiger partial charge < -0.3 is 11.1 Å². The van der Waals surface area contributed by atoms with E-state index in [1.165, 1.54) is 29.2 Å². The van der Waals surface area contributed by atoms with Crippen LogP contribution in [0.3, 0.4) is 0 Å². The first kappa shape index (κ1) is 17.0. The highest BCUT2D eigenvalue weighted by Crippen LogP contribution is 2.37. The van der Waals surface area contributed by atoms with E-state index in [9.17, 15) is 9.18 Å². The number of aliphatic imine (C=N–C) groups is 1. The van der Waals surface area contributed by atoms with Crippen LogP contribution in [0.5, 0.6) is 0 Å². The van der Waals surface area contributed by atoms with Crippen LogP contribution in [-0.4, -0.2) is 16.8 Å². The maximum atomic E-state index is 14.4. The van der Waals surface area contributed by atoms with E-state index in [2.05, 4.69) is 10.3 Å². The van der Waals surface area contributed by atoms with E-state index in [1.54, 1.807) is 12.1 Å². The summed E-state index contributed by atoms with van der Waals surface area (Å²) in [5.74, 6) is 0.250. The molecule has 3 rings (SSSR count). The van der Waals surface area contributed by atoms with Gasteiger partial charge in [0, 0.05) is 17.0 Å². The third kappa shape index (κ3) is 3.47. The molecule has 1 aliphatic heterocycles. The van der Waals surface area contributed by atoms with Gasteiger partial charge in [-0.25, -0.2) is 4.39 Å². The smallest absolute Gasteiger partial charge is 0.265 e. The molecule has 3 N–H and O–H groups in total. The lowest BCUT2D eigenvalue weighted by molar-refractivity contribution is 0.103. The monoisotopic (exact) mass is 363 g/mol. The maximum absolute atomic E-state index is 14.4. The molecule has 126 valence electrons. The molecule has 1 aromatic heterocycles. The Morgan fingerprint density at radius 3 is 2.88 bits per heavy atom. The quantitative estimate of drug-likeness (QED) is 0.862. The topological polar surface area (TPSA) is 67.5 Å². The number of thiophene rings is 1. The molecule has 2 heterocycles.